The minimum atomic E-state index is -4.28. The summed E-state index contributed by atoms with van der Waals surface area (Å²) in [6.07, 6.45) is -0.725. The summed E-state index contributed by atoms with van der Waals surface area (Å²) < 4.78 is 50.3. The van der Waals surface area contributed by atoms with E-state index in [1.54, 1.807) is 24.3 Å². The van der Waals surface area contributed by atoms with Gasteiger partial charge in [0.25, 0.3) is 0 Å². The summed E-state index contributed by atoms with van der Waals surface area (Å²) in [6, 6.07) is 11.9. The molecule has 0 amide bonds. The van der Waals surface area contributed by atoms with Crippen molar-refractivity contribution in [2.45, 2.75) is 38.8 Å². The Morgan fingerprint density at radius 2 is 1.22 bits per heavy atom. The van der Waals surface area contributed by atoms with Crippen LogP contribution in [0.15, 0.2) is 48.5 Å². The van der Waals surface area contributed by atoms with Crippen LogP contribution in [0.5, 0.6) is 0 Å². The van der Waals surface area contributed by atoms with Crippen molar-refractivity contribution in [3.8, 4) is 0 Å². The molecule has 23 heavy (non-hydrogen) atoms. The smallest absolute Gasteiger partial charge is 0.207 e. The molecule has 0 aliphatic carbocycles. The number of benzene rings is 2. The third-order valence-electron chi connectivity index (χ3n) is 4.05. The maximum atomic E-state index is 12.8. The lowest BCUT2D eigenvalue weighted by atomic mass is 9.94. The molecular weight excluding hydrogens is 304 g/mol. The highest BCUT2D eigenvalue weighted by Gasteiger charge is 2.29. The molecule has 0 aliphatic rings. The van der Waals surface area contributed by atoms with E-state index in [1.165, 1.54) is 12.1 Å². The van der Waals surface area contributed by atoms with E-state index >= 15 is 0 Å². The predicted molar refractivity (Wildman–Crippen MR) is 83.7 cm³/mol. The first-order valence-corrected chi connectivity index (χ1v) is 7.75. The summed E-state index contributed by atoms with van der Waals surface area (Å²) >= 11 is 0. The standard InChI is InChI=1S/C19H20F4/c1-14(3-5-16-8-12-18(20)13-9-16)2-4-15-6-10-17(11-7-15)19(21,22)23/h6-14H,2-5H2,1H3. The van der Waals surface area contributed by atoms with Gasteiger partial charge in [0, 0.05) is 0 Å². The topological polar surface area (TPSA) is 0 Å². The molecule has 0 fully saturated rings. The Hall–Kier alpha value is -1.84. The Labute approximate surface area is 134 Å². The van der Waals surface area contributed by atoms with Gasteiger partial charge < -0.3 is 0 Å². The van der Waals surface area contributed by atoms with Crippen LogP contribution in [0.25, 0.3) is 0 Å². The summed E-state index contributed by atoms with van der Waals surface area (Å²) in [4.78, 5) is 0. The van der Waals surface area contributed by atoms with Crippen LogP contribution in [0.4, 0.5) is 17.6 Å². The summed E-state index contributed by atoms with van der Waals surface area (Å²) in [7, 11) is 0. The second kappa shape index (κ2) is 7.62. The van der Waals surface area contributed by atoms with Crippen molar-refractivity contribution in [2.24, 2.45) is 5.92 Å². The molecule has 0 bridgehead atoms. The lowest BCUT2D eigenvalue weighted by Gasteiger charge is -2.12. The number of rotatable bonds is 6. The Kier molecular flexibility index (Phi) is 5.80. The number of hydrogen-bond acceptors (Lipinski definition) is 0. The van der Waals surface area contributed by atoms with Gasteiger partial charge >= 0.3 is 6.18 Å². The molecule has 4 heteroatoms. The SMILES string of the molecule is CC(CCc1ccc(F)cc1)CCc1ccc(C(F)(F)F)cc1. The second-order valence-electron chi connectivity index (χ2n) is 6.00. The van der Waals surface area contributed by atoms with Gasteiger partial charge in [-0.3, -0.25) is 0 Å². The van der Waals surface area contributed by atoms with Gasteiger partial charge in [-0.05, 0) is 67.0 Å². The van der Waals surface area contributed by atoms with E-state index in [9.17, 15) is 17.6 Å². The van der Waals surface area contributed by atoms with Crippen molar-refractivity contribution in [1.29, 1.82) is 0 Å². The van der Waals surface area contributed by atoms with Crippen LogP contribution in [0.1, 0.15) is 36.5 Å². The van der Waals surface area contributed by atoms with Gasteiger partial charge in [-0.2, -0.15) is 13.2 Å². The highest BCUT2D eigenvalue weighted by atomic mass is 19.4. The molecule has 0 N–H and O–H groups in total. The molecule has 0 spiro atoms. The minimum absolute atomic E-state index is 0.232. The average Bonchev–Trinajstić information content (AvgIpc) is 2.52. The van der Waals surface area contributed by atoms with Gasteiger partial charge in [0.2, 0.25) is 0 Å². The normalized spacial score (nSPS) is 13.1. The van der Waals surface area contributed by atoms with E-state index in [0.29, 0.717) is 5.92 Å². The van der Waals surface area contributed by atoms with Crippen molar-refractivity contribution in [1.82, 2.24) is 0 Å². The molecule has 1 unspecified atom stereocenters. The fraction of sp³-hybridized carbons (Fsp3) is 0.368. The lowest BCUT2D eigenvalue weighted by molar-refractivity contribution is -0.137. The number of hydrogen-bond donors (Lipinski definition) is 0. The van der Waals surface area contributed by atoms with Crippen molar-refractivity contribution in [3.05, 3.63) is 71.0 Å². The summed E-state index contributed by atoms with van der Waals surface area (Å²) in [5.41, 5.74) is 1.42. The Morgan fingerprint density at radius 3 is 1.65 bits per heavy atom. The van der Waals surface area contributed by atoms with E-state index in [4.69, 9.17) is 0 Å². The molecule has 2 aromatic rings. The number of alkyl halides is 3. The molecule has 0 saturated heterocycles. The first-order valence-electron chi connectivity index (χ1n) is 7.75. The molecule has 2 aromatic carbocycles. The van der Waals surface area contributed by atoms with Crippen molar-refractivity contribution in [3.63, 3.8) is 0 Å². The van der Waals surface area contributed by atoms with Crippen LogP contribution in [0, 0.1) is 11.7 Å². The van der Waals surface area contributed by atoms with Crippen molar-refractivity contribution in [2.75, 3.05) is 0 Å². The maximum absolute atomic E-state index is 12.8. The van der Waals surface area contributed by atoms with E-state index in [1.807, 2.05) is 0 Å². The van der Waals surface area contributed by atoms with E-state index < -0.39 is 11.7 Å². The Morgan fingerprint density at radius 1 is 0.783 bits per heavy atom. The van der Waals surface area contributed by atoms with Gasteiger partial charge in [0.05, 0.1) is 5.56 Å². The Bertz CT molecular complexity index is 597. The zero-order valence-electron chi connectivity index (χ0n) is 13.0. The molecule has 2 rings (SSSR count). The van der Waals surface area contributed by atoms with Crippen LogP contribution in [-0.4, -0.2) is 0 Å². The fourth-order valence-corrected chi connectivity index (χ4v) is 2.48. The van der Waals surface area contributed by atoms with Crippen molar-refractivity contribution >= 4 is 0 Å². The molecule has 0 heterocycles. The number of halogens is 4. The molecule has 0 nitrogen and oxygen atoms in total. The average molecular weight is 324 g/mol. The van der Waals surface area contributed by atoms with Gasteiger partial charge in [-0.25, -0.2) is 4.39 Å². The van der Waals surface area contributed by atoms with E-state index in [2.05, 4.69) is 6.92 Å². The van der Waals surface area contributed by atoms with E-state index in [0.717, 1.165) is 48.9 Å². The molecule has 1 atom stereocenters. The van der Waals surface area contributed by atoms with E-state index in [-0.39, 0.29) is 5.82 Å². The van der Waals surface area contributed by atoms with Crippen LogP contribution in [0.3, 0.4) is 0 Å². The molecule has 0 radical (unpaired) electrons. The zero-order valence-corrected chi connectivity index (χ0v) is 13.0. The molecule has 0 aliphatic heterocycles. The van der Waals surface area contributed by atoms with Crippen LogP contribution in [0.2, 0.25) is 0 Å². The van der Waals surface area contributed by atoms with Gasteiger partial charge in [-0.1, -0.05) is 31.2 Å². The van der Waals surface area contributed by atoms with Crippen LogP contribution < -0.4 is 0 Å². The van der Waals surface area contributed by atoms with Gasteiger partial charge in [0.1, 0.15) is 5.82 Å². The molecular formula is C19H20F4. The third-order valence-corrected chi connectivity index (χ3v) is 4.05. The van der Waals surface area contributed by atoms with Crippen LogP contribution in [-0.2, 0) is 19.0 Å². The number of aryl methyl sites for hydroxylation is 2. The summed E-state index contributed by atoms with van der Waals surface area (Å²) in [5.74, 6) is 0.228. The highest BCUT2D eigenvalue weighted by molar-refractivity contribution is 5.24. The summed E-state index contributed by atoms with van der Waals surface area (Å²) in [5, 5.41) is 0. The maximum Gasteiger partial charge on any atom is 0.416 e. The van der Waals surface area contributed by atoms with Gasteiger partial charge in [-0.15, -0.1) is 0 Å². The van der Waals surface area contributed by atoms with Crippen LogP contribution >= 0.6 is 0 Å². The van der Waals surface area contributed by atoms with Crippen molar-refractivity contribution < 1.29 is 17.6 Å². The molecule has 0 saturated carbocycles. The first kappa shape index (κ1) is 17.5. The Balaban J connectivity index is 1.77. The van der Waals surface area contributed by atoms with Gasteiger partial charge in [0.15, 0.2) is 0 Å². The molecule has 0 aromatic heterocycles. The fourth-order valence-electron chi connectivity index (χ4n) is 2.48. The minimum Gasteiger partial charge on any atom is -0.207 e. The largest absolute Gasteiger partial charge is 0.416 e. The predicted octanol–water partition coefficient (Wildman–Crippen LogP) is 6.05. The lowest BCUT2D eigenvalue weighted by Crippen LogP contribution is -2.05. The quantitative estimate of drug-likeness (QED) is 0.568. The highest BCUT2D eigenvalue weighted by Crippen LogP contribution is 2.29. The third kappa shape index (κ3) is 5.70. The molecule has 124 valence electrons. The summed E-state index contributed by atoms with van der Waals surface area (Å²) in [6.45, 7) is 2.13. The first-order chi connectivity index (χ1) is 10.8. The monoisotopic (exact) mass is 324 g/mol. The zero-order chi connectivity index (χ0) is 16.9. The second-order valence-corrected chi connectivity index (χ2v) is 6.00.